The molecule has 3 atom stereocenters. The van der Waals surface area contributed by atoms with Gasteiger partial charge < -0.3 is 0 Å². The fourth-order valence-corrected chi connectivity index (χ4v) is 5.88. The van der Waals surface area contributed by atoms with Gasteiger partial charge in [-0.25, -0.2) is 14.8 Å². The van der Waals surface area contributed by atoms with Gasteiger partial charge in [0.25, 0.3) is 0 Å². The van der Waals surface area contributed by atoms with E-state index >= 15 is 0 Å². The highest BCUT2D eigenvalue weighted by atomic mass is 31.2. The van der Waals surface area contributed by atoms with Crippen molar-refractivity contribution in [2.45, 2.75) is 31.7 Å². The molecule has 0 amide bonds. The average Bonchev–Trinajstić information content (AvgIpc) is 3.33. The Balaban J connectivity index is 1.89. The second-order valence-electron chi connectivity index (χ2n) is 7.77. The fourth-order valence-electron chi connectivity index (χ4n) is 3.99. The fraction of sp³-hybridized carbons (Fsp3) is 0.269. The SMILES string of the molecule is CCOOP(=O)(OOCC)C1C(c2ccccc2)ON(c2ccccc2)C1C(=O)c1ccccc1. The third-order valence-electron chi connectivity index (χ3n) is 5.49. The molecule has 1 saturated heterocycles. The molecule has 1 aliphatic rings. The van der Waals surface area contributed by atoms with Crippen molar-refractivity contribution in [2.24, 2.45) is 0 Å². The molecule has 184 valence electrons. The number of carbonyl (C=O) groups excluding carboxylic acids is 1. The van der Waals surface area contributed by atoms with Crippen LogP contribution in [0.2, 0.25) is 0 Å². The zero-order chi connectivity index (χ0) is 24.7. The standard InChI is InChI=1S/C26H28NO7P/c1-3-30-33-35(29,34-31-4-2)26-23(24(28)20-14-8-5-9-15-20)27(22-18-12-7-13-19-22)32-25(26)21-16-10-6-11-17-21/h5-19,23,25-26H,3-4H2,1-2H3. The van der Waals surface area contributed by atoms with Crippen molar-refractivity contribution < 1.29 is 33.3 Å². The van der Waals surface area contributed by atoms with E-state index in [4.69, 9.17) is 24.0 Å². The molecule has 0 radical (unpaired) electrons. The van der Waals surface area contributed by atoms with Gasteiger partial charge in [0.15, 0.2) is 5.78 Å². The van der Waals surface area contributed by atoms with Crippen molar-refractivity contribution in [2.75, 3.05) is 18.3 Å². The second-order valence-corrected chi connectivity index (χ2v) is 9.74. The predicted molar refractivity (Wildman–Crippen MR) is 131 cm³/mol. The molecule has 1 fully saturated rings. The number of hydrogen-bond acceptors (Lipinski definition) is 8. The molecule has 3 unspecified atom stereocenters. The molecule has 0 aromatic heterocycles. The Kier molecular flexibility index (Phi) is 8.46. The molecule has 4 rings (SSSR count). The molecule has 0 spiro atoms. The van der Waals surface area contributed by atoms with Crippen LogP contribution in [0.15, 0.2) is 91.0 Å². The van der Waals surface area contributed by atoms with Crippen molar-refractivity contribution >= 4 is 19.1 Å². The zero-order valence-corrected chi connectivity index (χ0v) is 20.5. The first-order valence-electron chi connectivity index (χ1n) is 11.5. The van der Waals surface area contributed by atoms with Crippen LogP contribution in [0, 0.1) is 0 Å². The quantitative estimate of drug-likeness (QED) is 0.140. The molecule has 8 nitrogen and oxygen atoms in total. The van der Waals surface area contributed by atoms with Gasteiger partial charge in [-0.05, 0) is 31.5 Å². The minimum absolute atomic E-state index is 0.114. The molecule has 0 saturated carbocycles. The van der Waals surface area contributed by atoms with Crippen molar-refractivity contribution in [1.82, 2.24) is 0 Å². The number of carbonyl (C=O) groups is 1. The molecule has 1 heterocycles. The van der Waals surface area contributed by atoms with Gasteiger partial charge in [0, 0.05) is 5.56 Å². The number of nitrogens with zero attached hydrogens (tertiary/aromatic N) is 1. The smallest absolute Gasteiger partial charge is 0.292 e. The summed E-state index contributed by atoms with van der Waals surface area (Å²) < 4.78 is 25.0. The lowest BCUT2D eigenvalue weighted by Gasteiger charge is -2.28. The summed E-state index contributed by atoms with van der Waals surface area (Å²) in [6.45, 7) is 3.60. The van der Waals surface area contributed by atoms with E-state index in [2.05, 4.69) is 0 Å². The van der Waals surface area contributed by atoms with E-state index < -0.39 is 25.4 Å². The van der Waals surface area contributed by atoms with Crippen LogP contribution in [0.1, 0.15) is 35.9 Å². The van der Waals surface area contributed by atoms with Crippen LogP contribution in [0.4, 0.5) is 5.69 Å². The predicted octanol–water partition coefficient (Wildman–Crippen LogP) is 5.93. The molecule has 3 aromatic carbocycles. The normalized spacial score (nSPS) is 20.2. The minimum Gasteiger partial charge on any atom is -0.292 e. The van der Waals surface area contributed by atoms with E-state index in [1.54, 1.807) is 38.1 Å². The molecule has 9 heteroatoms. The summed E-state index contributed by atoms with van der Waals surface area (Å²) >= 11 is 0. The molecule has 0 N–H and O–H groups in total. The zero-order valence-electron chi connectivity index (χ0n) is 19.6. The topological polar surface area (TPSA) is 83.5 Å². The lowest BCUT2D eigenvalue weighted by Crippen LogP contribution is -2.42. The number of benzene rings is 3. The highest BCUT2D eigenvalue weighted by Gasteiger charge is 2.60. The molecule has 3 aromatic rings. The summed E-state index contributed by atoms with van der Waals surface area (Å²) in [5.74, 6) is -0.307. The van der Waals surface area contributed by atoms with Gasteiger partial charge in [-0.3, -0.25) is 14.2 Å². The average molecular weight is 497 g/mol. The number of rotatable bonds is 11. The summed E-state index contributed by atoms with van der Waals surface area (Å²) in [6.07, 6.45) is -0.860. The highest BCUT2D eigenvalue weighted by Crippen LogP contribution is 2.63. The maximum absolute atomic E-state index is 14.3. The Labute approximate surface area is 204 Å². The van der Waals surface area contributed by atoms with Crippen LogP contribution >= 0.6 is 7.60 Å². The van der Waals surface area contributed by atoms with Crippen molar-refractivity contribution in [1.29, 1.82) is 0 Å². The van der Waals surface area contributed by atoms with Crippen LogP contribution < -0.4 is 5.06 Å². The Bertz CT molecular complexity index is 1120. The number of hydrogen-bond donors (Lipinski definition) is 0. The summed E-state index contributed by atoms with van der Waals surface area (Å²) in [6, 6.07) is 26.1. The summed E-state index contributed by atoms with van der Waals surface area (Å²) in [7, 11) is -4.24. The number of hydroxylamine groups is 1. The van der Waals surface area contributed by atoms with Crippen LogP contribution in [0.5, 0.6) is 0 Å². The van der Waals surface area contributed by atoms with Gasteiger partial charge in [0.1, 0.15) is 17.8 Å². The minimum atomic E-state index is -4.24. The largest absolute Gasteiger partial charge is 0.392 e. The Morgan fingerprint density at radius 2 is 1.34 bits per heavy atom. The number of ketones is 1. The molecular weight excluding hydrogens is 469 g/mol. The second kappa shape index (κ2) is 11.7. The number of anilines is 1. The van der Waals surface area contributed by atoms with E-state index in [1.165, 1.54) is 5.06 Å². The monoisotopic (exact) mass is 497 g/mol. The Morgan fingerprint density at radius 1 is 0.829 bits per heavy atom. The third kappa shape index (κ3) is 5.54. The Hall–Kier alpha value is -2.84. The van der Waals surface area contributed by atoms with Gasteiger partial charge in [-0.1, -0.05) is 78.9 Å². The summed E-state index contributed by atoms with van der Waals surface area (Å²) in [5.41, 5.74) is 0.628. The van der Waals surface area contributed by atoms with Gasteiger partial charge in [-0.2, -0.15) is 0 Å². The van der Waals surface area contributed by atoms with Crippen LogP contribution in [0.3, 0.4) is 0 Å². The van der Waals surface area contributed by atoms with E-state index in [0.717, 1.165) is 0 Å². The lowest BCUT2D eigenvalue weighted by atomic mass is 9.96. The number of Topliss-reactive ketones (excluding diaryl/α,β-unsaturated/α-hetero) is 1. The molecule has 35 heavy (non-hydrogen) atoms. The molecule has 0 bridgehead atoms. The maximum atomic E-state index is 14.3. The van der Waals surface area contributed by atoms with E-state index in [-0.39, 0.29) is 19.0 Å². The van der Waals surface area contributed by atoms with Crippen LogP contribution in [-0.2, 0) is 28.5 Å². The van der Waals surface area contributed by atoms with Crippen LogP contribution in [-0.4, -0.2) is 30.7 Å². The first kappa shape index (κ1) is 25.3. The molecule has 1 aliphatic heterocycles. The maximum Gasteiger partial charge on any atom is 0.392 e. The number of para-hydroxylation sites is 1. The van der Waals surface area contributed by atoms with Crippen LogP contribution in [0.25, 0.3) is 0 Å². The summed E-state index contributed by atoms with van der Waals surface area (Å²) in [5, 5.41) is 1.48. The van der Waals surface area contributed by atoms with E-state index in [0.29, 0.717) is 16.8 Å². The van der Waals surface area contributed by atoms with Gasteiger partial charge >= 0.3 is 7.60 Å². The van der Waals surface area contributed by atoms with Gasteiger partial charge in [-0.15, -0.1) is 9.35 Å². The van der Waals surface area contributed by atoms with Crippen molar-refractivity contribution in [3.63, 3.8) is 0 Å². The first-order chi connectivity index (χ1) is 17.1. The van der Waals surface area contributed by atoms with E-state index in [9.17, 15) is 9.36 Å². The van der Waals surface area contributed by atoms with Crippen molar-refractivity contribution in [3.05, 3.63) is 102 Å². The summed E-state index contributed by atoms with van der Waals surface area (Å²) in [4.78, 5) is 30.6. The first-order valence-corrected chi connectivity index (χ1v) is 13.1. The molecular formula is C26H28NO7P. The van der Waals surface area contributed by atoms with Gasteiger partial charge in [0.2, 0.25) is 0 Å². The Morgan fingerprint density at radius 3 is 1.89 bits per heavy atom. The third-order valence-corrected chi connectivity index (χ3v) is 7.40. The highest BCUT2D eigenvalue weighted by molar-refractivity contribution is 7.54. The van der Waals surface area contributed by atoms with Crippen molar-refractivity contribution in [3.8, 4) is 0 Å². The van der Waals surface area contributed by atoms with E-state index in [1.807, 2.05) is 66.7 Å². The van der Waals surface area contributed by atoms with Gasteiger partial charge in [0.05, 0.1) is 18.9 Å². The molecule has 0 aliphatic carbocycles. The lowest BCUT2D eigenvalue weighted by molar-refractivity contribution is -0.265.